The van der Waals surface area contributed by atoms with Gasteiger partial charge in [-0.1, -0.05) is 26.0 Å². The van der Waals surface area contributed by atoms with Crippen molar-refractivity contribution < 1.29 is 14.0 Å². The van der Waals surface area contributed by atoms with Crippen LogP contribution in [-0.2, 0) is 9.59 Å². The Kier molecular flexibility index (Phi) is 4.83. The molecule has 0 radical (unpaired) electrons. The number of nitrogens with one attached hydrogen (secondary N) is 1. The first-order chi connectivity index (χ1) is 11.9. The Labute approximate surface area is 146 Å². The number of rotatable bonds is 4. The van der Waals surface area contributed by atoms with Crippen LogP contribution in [0.3, 0.4) is 0 Å². The van der Waals surface area contributed by atoms with E-state index in [9.17, 15) is 14.0 Å². The van der Waals surface area contributed by atoms with Crippen LogP contribution < -0.4 is 10.2 Å². The van der Waals surface area contributed by atoms with E-state index in [0.29, 0.717) is 18.2 Å². The van der Waals surface area contributed by atoms with Crippen molar-refractivity contribution in [2.45, 2.75) is 26.2 Å². The van der Waals surface area contributed by atoms with E-state index in [4.69, 9.17) is 0 Å². The van der Waals surface area contributed by atoms with Gasteiger partial charge in [-0.2, -0.15) is 0 Å². The minimum Gasteiger partial charge on any atom is -0.326 e. The molecule has 2 aromatic carbocycles. The van der Waals surface area contributed by atoms with E-state index in [1.807, 2.05) is 24.3 Å². The van der Waals surface area contributed by atoms with Crippen molar-refractivity contribution in [1.29, 1.82) is 0 Å². The number of amides is 2. The smallest absolute Gasteiger partial charge is 0.229 e. The van der Waals surface area contributed by atoms with Crippen molar-refractivity contribution in [2.24, 2.45) is 5.92 Å². The van der Waals surface area contributed by atoms with Crippen molar-refractivity contribution in [3.8, 4) is 0 Å². The van der Waals surface area contributed by atoms with Gasteiger partial charge in [0.2, 0.25) is 11.8 Å². The van der Waals surface area contributed by atoms with E-state index in [1.165, 1.54) is 29.8 Å². The van der Waals surface area contributed by atoms with Crippen molar-refractivity contribution in [2.75, 3.05) is 16.8 Å². The maximum absolute atomic E-state index is 12.9. The highest BCUT2D eigenvalue weighted by molar-refractivity contribution is 6.03. The van der Waals surface area contributed by atoms with Crippen LogP contribution in [0.4, 0.5) is 15.8 Å². The van der Waals surface area contributed by atoms with Gasteiger partial charge in [0.05, 0.1) is 5.92 Å². The summed E-state index contributed by atoms with van der Waals surface area (Å²) in [6.07, 6.45) is 0.180. The fraction of sp³-hybridized carbons (Fsp3) is 0.300. The molecule has 0 saturated carbocycles. The van der Waals surface area contributed by atoms with Gasteiger partial charge in [-0.25, -0.2) is 4.39 Å². The molecule has 1 aliphatic heterocycles. The SMILES string of the molecule is CC(C)c1ccc(N2C[C@@H](C(=O)Nc3ccc(F)cc3)CC2=O)cc1. The van der Waals surface area contributed by atoms with Crippen LogP contribution in [0.25, 0.3) is 0 Å². The van der Waals surface area contributed by atoms with Gasteiger partial charge in [-0.15, -0.1) is 0 Å². The Hall–Kier alpha value is -2.69. The van der Waals surface area contributed by atoms with Gasteiger partial charge in [0.25, 0.3) is 0 Å². The molecule has 5 heteroatoms. The number of halogens is 1. The number of nitrogens with zero attached hydrogens (tertiary/aromatic N) is 1. The molecule has 3 rings (SSSR count). The molecular weight excluding hydrogens is 319 g/mol. The van der Waals surface area contributed by atoms with Gasteiger partial charge < -0.3 is 10.2 Å². The molecule has 0 spiro atoms. The minimum absolute atomic E-state index is 0.0587. The van der Waals surface area contributed by atoms with E-state index in [2.05, 4.69) is 19.2 Å². The van der Waals surface area contributed by atoms with E-state index in [1.54, 1.807) is 4.90 Å². The molecular formula is C20H21FN2O2. The Balaban J connectivity index is 1.67. The van der Waals surface area contributed by atoms with E-state index in [-0.39, 0.29) is 24.1 Å². The third-order valence-corrected chi connectivity index (χ3v) is 4.48. The van der Waals surface area contributed by atoms with Crippen molar-refractivity contribution >= 4 is 23.2 Å². The Morgan fingerprint density at radius 2 is 1.76 bits per heavy atom. The number of hydrogen-bond donors (Lipinski definition) is 1. The molecule has 1 N–H and O–H groups in total. The number of carbonyl (C=O) groups is 2. The number of hydrogen-bond acceptors (Lipinski definition) is 2. The molecule has 1 heterocycles. The molecule has 4 nitrogen and oxygen atoms in total. The third kappa shape index (κ3) is 3.87. The molecule has 1 saturated heterocycles. The average molecular weight is 340 g/mol. The topological polar surface area (TPSA) is 49.4 Å². The van der Waals surface area contributed by atoms with Gasteiger partial charge in [0, 0.05) is 24.3 Å². The fourth-order valence-electron chi connectivity index (χ4n) is 2.95. The van der Waals surface area contributed by atoms with Crippen molar-refractivity contribution in [3.63, 3.8) is 0 Å². The summed E-state index contributed by atoms with van der Waals surface area (Å²) in [4.78, 5) is 26.3. The van der Waals surface area contributed by atoms with Crippen molar-refractivity contribution in [1.82, 2.24) is 0 Å². The normalized spacial score (nSPS) is 17.2. The summed E-state index contributed by atoms with van der Waals surface area (Å²) >= 11 is 0. The minimum atomic E-state index is -0.415. The molecule has 1 atom stereocenters. The average Bonchev–Trinajstić information content (AvgIpc) is 2.99. The first-order valence-electron chi connectivity index (χ1n) is 8.41. The summed E-state index contributed by atoms with van der Waals surface area (Å²) in [5.74, 6) is -0.622. The first-order valence-corrected chi connectivity index (χ1v) is 8.41. The summed E-state index contributed by atoms with van der Waals surface area (Å²) < 4.78 is 12.9. The second-order valence-corrected chi connectivity index (χ2v) is 6.65. The maximum atomic E-state index is 12.9. The molecule has 25 heavy (non-hydrogen) atoms. The van der Waals surface area contributed by atoms with Crippen LogP contribution in [0.2, 0.25) is 0 Å². The van der Waals surface area contributed by atoms with Crippen LogP contribution in [0.15, 0.2) is 48.5 Å². The van der Waals surface area contributed by atoms with E-state index >= 15 is 0 Å². The molecule has 0 aromatic heterocycles. The molecule has 0 bridgehead atoms. The van der Waals surface area contributed by atoms with E-state index < -0.39 is 5.92 Å². The molecule has 1 aliphatic rings. The lowest BCUT2D eigenvalue weighted by Crippen LogP contribution is -2.28. The first kappa shape index (κ1) is 17.1. The molecule has 2 aromatic rings. The predicted molar refractivity (Wildman–Crippen MR) is 96.0 cm³/mol. The Morgan fingerprint density at radius 3 is 2.36 bits per heavy atom. The second kappa shape index (κ2) is 7.05. The van der Waals surface area contributed by atoms with E-state index in [0.717, 1.165) is 5.69 Å². The molecule has 0 unspecified atom stereocenters. The lowest BCUT2D eigenvalue weighted by molar-refractivity contribution is -0.122. The Morgan fingerprint density at radius 1 is 1.12 bits per heavy atom. The Bertz CT molecular complexity index is 769. The second-order valence-electron chi connectivity index (χ2n) is 6.65. The number of benzene rings is 2. The quantitative estimate of drug-likeness (QED) is 0.916. The van der Waals surface area contributed by atoms with Gasteiger partial charge in [-0.05, 0) is 47.9 Å². The summed E-state index contributed by atoms with van der Waals surface area (Å²) in [5.41, 5.74) is 2.55. The summed E-state index contributed by atoms with van der Waals surface area (Å²) in [6, 6.07) is 13.5. The number of anilines is 2. The maximum Gasteiger partial charge on any atom is 0.229 e. The van der Waals surface area contributed by atoms with Crippen LogP contribution in [-0.4, -0.2) is 18.4 Å². The summed E-state index contributed by atoms with van der Waals surface area (Å²) in [7, 11) is 0. The zero-order valence-electron chi connectivity index (χ0n) is 14.3. The third-order valence-electron chi connectivity index (χ3n) is 4.48. The lowest BCUT2D eigenvalue weighted by atomic mass is 10.0. The van der Waals surface area contributed by atoms with Gasteiger partial charge >= 0.3 is 0 Å². The van der Waals surface area contributed by atoms with Gasteiger partial charge in [0.15, 0.2) is 0 Å². The van der Waals surface area contributed by atoms with Gasteiger partial charge in [-0.3, -0.25) is 9.59 Å². The molecule has 130 valence electrons. The standard InChI is InChI=1S/C20H21FN2O2/c1-13(2)14-3-9-18(10-4-14)23-12-15(11-19(23)24)20(25)22-17-7-5-16(21)6-8-17/h3-10,13,15H,11-12H2,1-2H3,(H,22,25)/t15-/m0/s1. The molecule has 1 fully saturated rings. The largest absolute Gasteiger partial charge is 0.326 e. The van der Waals surface area contributed by atoms with Crippen LogP contribution in [0, 0.1) is 11.7 Å². The monoisotopic (exact) mass is 340 g/mol. The zero-order chi connectivity index (χ0) is 18.0. The molecule has 2 amide bonds. The summed E-state index contributed by atoms with van der Waals surface area (Å²) in [5, 5.41) is 2.74. The highest BCUT2D eigenvalue weighted by Crippen LogP contribution is 2.27. The predicted octanol–water partition coefficient (Wildman–Crippen LogP) is 3.94. The summed E-state index contributed by atoms with van der Waals surface area (Å²) in [6.45, 7) is 4.59. The molecule has 0 aliphatic carbocycles. The number of carbonyl (C=O) groups excluding carboxylic acids is 2. The van der Waals surface area contributed by atoms with Crippen LogP contribution >= 0.6 is 0 Å². The van der Waals surface area contributed by atoms with Crippen molar-refractivity contribution in [3.05, 3.63) is 59.9 Å². The van der Waals surface area contributed by atoms with Crippen LogP contribution in [0.5, 0.6) is 0 Å². The van der Waals surface area contributed by atoms with Crippen LogP contribution in [0.1, 0.15) is 31.7 Å². The highest BCUT2D eigenvalue weighted by atomic mass is 19.1. The lowest BCUT2D eigenvalue weighted by Gasteiger charge is -2.17. The van der Waals surface area contributed by atoms with Gasteiger partial charge in [0.1, 0.15) is 5.82 Å². The zero-order valence-corrected chi connectivity index (χ0v) is 14.3. The highest BCUT2D eigenvalue weighted by Gasteiger charge is 2.35. The fourth-order valence-corrected chi connectivity index (χ4v) is 2.95.